The number of aromatic nitrogens is 2. The normalized spacial score (nSPS) is 13.9. The van der Waals surface area contributed by atoms with Crippen molar-refractivity contribution in [2.75, 3.05) is 0 Å². The van der Waals surface area contributed by atoms with Crippen LogP contribution in [0, 0.1) is 0 Å². The summed E-state index contributed by atoms with van der Waals surface area (Å²) in [6.07, 6.45) is 4.28. The van der Waals surface area contributed by atoms with Crippen molar-refractivity contribution in [1.29, 1.82) is 0 Å². The second-order valence-electron chi connectivity index (χ2n) is 5.72. The van der Waals surface area contributed by atoms with Gasteiger partial charge in [0.15, 0.2) is 10.7 Å². The van der Waals surface area contributed by atoms with Crippen LogP contribution in [0.3, 0.4) is 0 Å². The summed E-state index contributed by atoms with van der Waals surface area (Å²) >= 11 is 13.8. The van der Waals surface area contributed by atoms with Gasteiger partial charge in [0.25, 0.3) is 5.56 Å². The minimum absolute atomic E-state index is 0.0525. The number of hydrogen-bond acceptors (Lipinski definition) is 4. The predicted octanol–water partition coefficient (Wildman–Crippen LogP) is 4.52. The molecule has 1 aliphatic carbocycles. The van der Waals surface area contributed by atoms with Crippen molar-refractivity contribution in [1.82, 2.24) is 9.38 Å². The van der Waals surface area contributed by atoms with Crippen LogP contribution in [0.1, 0.15) is 29.1 Å². The minimum atomic E-state index is -0.0525. The highest BCUT2D eigenvalue weighted by Crippen LogP contribution is 2.33. The van der Waals surface area contributed by atoms with Crippen molar-refractivity contribution >= 4 is 39.5 Å². The summed E-state index contributed by atoms with van der Waals surface area (Å²) in [7, 11) is 0. The number of para-hydroxylation sites is 1. The monoisotopic (exact) mass is 380 g/mol. The van der Waals surface area contributed by atoms with Crippen molar-refractivity contribution in [2.45, 2.75) is 32.3 Å². The van der Waals surface area contributed by atoms with E-state index in [2.05, 4.69) is 4.98 Å². The van der Waals surface area contributed by atoms with Gasteiger partial charge in [-0.15, -0.1) is 11.3 Å². The van der Waals surface area contributed by atoms with Crippen molar-refractivity contribution in [3.8, 4) is 5.75 Å². The number of aryl methyl sites for hydroxylation is 2. The molecule has 0 saturated carbocycles. The minimum Gasteiger partial charge on any atom is -0.484 e. The van der Waals surface area contributed by atoms with E-state index in [-0.39, 0.29) is 12.2 Å². The maximum absolute atomic E-state index is 12.5. The molecule has 0 aliphatic heterocycles. The van der Waals surface area contributed by atoms with E-state index in [1.54, 1.807) is 33.9 Å². The number of nitrogens with zero attached hydrogens (tertiary/aromatic N) is 2. The van der Waals surface area contributed by atoms with Gasteiger partial charge in [-0.2, -0.15) is 0 Å². The van der Waals surface area contributed by atoms with Gasteiger partial charge in [0.05, 0.1) is 15.7 Å². The molecular formula is C17H14Cl2N2O2S. The Kier molecular flexibility index (Phi) is 4.24. The SMILES string of the molecule is O=c1cc(COc2c(Cl)cccc2Cl)nc2sc3c(n12)CCCC3. The van der Waals surface area contributed by atoms with Crippen LogP contribution in [0.25, 0.3) is 4.96 Å². The van der Waals surface area contributed by atoms with Crippen molar-refractivity contribution in [3.05, 3.63) is 60.9 Å². The summed E-state index contributed by atoms with van der Waals surface area (Å²) in [4.78, 5) is 19.1. The molecule has 0 amide bonds. The van der Waals surface area contributed by atoms with Gasteiger partial charge in [-0.05, 0) is 37.8 Å². The van der Waals surface area contributed by atoms with E-state index in [1.165, 1.54) is 17.4 Å². The van der Waals surface area contributed by atoms with Crippen molar-refractivity contribution in [3.63, 3.8) is 0 Å². The molecule has 0 unspecified atom stereocenters. The topological polar surface area (TPSA) is 43.6 Å². The first-order valence-corrected chi connectivity index (χ1v) is 9.31. The Morgan fingerprint density at radius 1 is 1.21 bits per heavy atom. The molecule has 4 rings (SSSR count). The van der Waals surface area contributed by atoms with Crippen LogP contribution >= 0.6 is 34.5 Å². The van der Waals surface area contributed by atoms with E-state index < -0.39 is 0 Å². The molecule has 4 nitrogen and oxygen atoms in total. The van der Waals surface area contributed by atoms with Crippen LogP contribution in [-0.2, 0) is 19.4 Å². The predicted molar refractivity (Wildman–Crippen MR) is 96.8 cm³/mol. The van der Waals surface area contributed by atoms with Gasteiger partial charge >= 0.3 is 0 Å². The first-order chi connectivity index (χ1) is 11.6. The van der Waals surface area contributed by atoms with E-state index in [0.29, 0.717) is 21.5 Å². The van der Waals surface area contributed by atoms with Crippen molar-refractivity contribution < 1.29 is 4.74 Å². The molecule has 0 spiro atoms. The maximum atomic E-state index is 12.5. The molecule has 0 fully saturated rings. The number of hydrogen-bond donors (Lipinski definition) is 0. The Bertz CT molecular complexity index is 960. The van der Waals surface area contributed by atoms with Gasteiger partial charge in [0, 0.05) is 16.6 Å². The lowest BCUT2D eigenvalue weighted by Crippen LogP contribution is -2.18. The third-order valence-electron chi connectivity index (χ3n) is 4.10. The zero-order chi connectivity index (χ0) is 16.7. The van der Waals surface area contributed by atoms with Crippen LogP contribution in [0.4, 0.5) is 0 Å². The smallest absolute Gasteiger partial charge is 0.259 e. The quantitative estimate of drug-likeness (QED) is 0.670. The zero-order valence-electron chi connectivity index (χ0n) is 12.7. The Labute approximate surface area is 152 Å². The molecule has 0 N–H and O–H groups in total. The fraction of sp³-hybridized carbons (Fsp3) is 0.294. The van der Waals surface area contributed by atoms with Gasteiger partial charge in [0.1, 0.15) is 6.61 Å². The van der Waals surface area contributed by atoms with Crippen LogP contribution in [-0.4, -0.2) is 9.38 Å². The highest BCUT2D eigenvalue weighted by Gasteiger charge is 2.18. The van der Waals surface area contributed by atoms with Crippen LogP contribution in [0.5, 0.6) is 5.75 Å². The fourth-order valence-electron chi connectivity index (χ4n) is 2.98. The summed E-state index contributed by atoms with van der Waals surface area (Å²) in [5.74, 6) is 0.410. The summed E-state index contributed by atoms with van der Waals surface area (Å²) < 4.78 is 7.43. The molecule has 0 radical (unpaired) electrons. The highest BCUT2D eigenvalue weighted by molar-refractivity contribution is 7.17. The number of rotatable bonds is 3. The van der Waals surface area contributed by atoms with Gasteiger partial charge in [-0.3, -0.25) is 9.20 Å². The molecule has 24 heavy (non-hydrogen) atoms. The zero-order valence-corrected chi connectivity index (χ0v) is 15.0. The fourth-order valence-corrected chi connectivity index (χ4v) is 4.72. The van der Waals surface area contributed by atoms with Crippen LogP contribution in [0.2, 0.25) is 10.0 Å². The number of thiazole rings is 1. The molecule has 0 bridgehead atoms. The van der Waals surface area contributed by atoms with Gasteiger partial charge in [0.2, 0.25) is 0 Å². The summed E-state index contributed by atoms with van der Waals surface area (Å²) in [6.45, 7) is 0.151. The average molecular weight is 381 g/mol. The third kappa shape index (κ3) is 2.81. The Balaban J connectivity index is 1.67. The van der Waals surface area contributed by atoms with Gasteiger partial charge in [-0.1, -0.05) is 29.3 Å². The molecule has 2 heterocycles. The van der Waals surface area contributed by atoms with E-state index in [4.69, 9.17) is 27.9 Å². The summed E-state index contributed by atoms with van der Waals surface area (Å²) in [6, 6.07) is 6.70. The van der Waals surface area contributed by atoms with Gasteiger partial charge in [-0.25, -0.2) is 4.98 Å². The first-order valence-electron chi connectivity index (χ1n) is 7.73. The number of benzene rings is 1. The number of halogens is 2. The molecule has 1 aromatic carbocycles. The number of fused-ring (bicyclic) bond motifs is 3. The van der Waals surface area contributed by atoms with Gasteiger partial charge < -0.3 is 4.74 Å². The Morgan fingerprint density at radius 2 is 1.96 bits per heavy atom. The van der Waals surface area contributed by atoms with E-state index in [0.717, 1.165) is 29.9 Å². The second kappa shape index (κ2) is 6.39. The van der Waals surface area contributed by atoms with Crippen LogP contribution < -0.4 is 10.3 Å². The lowest BCUT2D eigenvalue weighted by molar-refractivity contribution is 0.301. The largest absolute Gasteiger partial charge is 0.484 e. The molecule has 0 atom stereocenters. The van der Waals surface area contributed by atoms with Crippen LogP contribution in [0.15, 0.2) is 29.1 Å². The van der Waals surface area contributed by atoms with E-state index in [9.17, 15) is 4.79 Å². The summed E-state index contributed by atoms with van der Waals surface area (Å²) in [5.41, 5.74) is 1.65. The third-order valence-corrected chi connectivity index (χ3v) is 5.84. The molecule has 2 aromatic heterocycles. The molecular weight excluding hydrogens is 367 g/mol. The molecule has 1 aliphatic rings. The lowest BCUT2D eigenvalue weighted by Gasteiger charge is -2.11. The standard InChI is InChI=1S/C17H14Cl2N2O2S/c18-11-4-3-5-12(19)16(11)23-9-10-8-15(22)21-13-6-1-2-7-14(13)24-17(21)20-10/h3-5,8H,1-2,6-7,9H2. The lowest BCUT2D eigenvalue weighted by atomic mass is 10.0. The Morgan fingerprint density at radius 3 is 2.75 bits per heavy atom. The molecule has 3 aromatic rings. The van der Waals surface area contributed by atoms with E-state index in [1.807, 2.05) is 0 Å². The highest BCUT2D eigenvalue weighted by atomic mass is 35.5. The van der Waals surface area contributed by atoms with Crippen molar-refractivity contribution in [2.24, 2.45) is 0 Å². The molecule has 7 heteroatoms. The maximum Gasteiger partial charge on any atom is 0.259 e. The Hall–Kier alpha value is -1.56. The van der Waals surface area contributed by atoms with E-state index >= 15 is 0 Å². The number of ether oxygens (including phenoxy) is 1. The molecule has 0 saturated heterocycles. The first kappa shape index (κ1) is 15.9. The second-order valence-corrected chi connectivity index (χ2v) is 7.60. The average Bonchev–Trinajstić information content (AvgIpc) is 2.93. The summed E-state index contributed by atoms with van der Waals surface area (Å²) in [5, 5.41) is 0.874. The molecule has 124 valence electrons.